The van der Waals surface area contributed by atoms with Gasteiger partial charge >= 0.3 is 0 Å². The maximum absolute atomic E-state index is 13.3. The second kappa shape index (κ2) is 10.2. The number of rotatable bonds is 8. The number of aryl methyl sites for hydroxylation is 2. The molecule has 0 saturated heterocycles. The lowest BCUT2D eigenvalue weighted by atomic mass is 10.1. The number of hydrogen-bond donors (Lipinski definition) is 1. The van der Waals surface area contributed by atoms with Crippen LogP contribution in [0.3, 0.4) is 0 Å². The highest BCUT2D eigenvalue weighted by Gasteiger charge is 2.30. The highest BCUT2D eigenvalue weighted by atomic mass is 35.5. The number of benzene rings is 2. The van der Waals surface area contributed by atoms with Crippen molar-refractivity contribution < 1.29 is 18.0 Å². The van der Waals surface area contributed by atoms with Crippen LogP contribution in [0.1, 0.15) is 23.6 Å². The van der Waals surface area contributed by atoms with E-state index in [1.54, 1.807) is 44.2 Å². The second-order valence-electron chi connectivity index (χ2n) is 7.46. The van der Waals surface area contributed by atoms with Gasteiger partial charge in [-0.15, -0.1) is 0 Å². The third-order valence-electron chi connectivity index (χ3n) is 5.02. The standard InChI is InChI=1S/C22H28ClN3O4S/c1-15-10-11-16(2)20(12-15)26(31(5,29)30)14-21(27)25(17(3)22(28)24-4)13-18-8-6-7-9-19(18)23/h6-12,17H,13-14H2,1-5H3,(H,24,28). The largest absolute Gasteiger partial charge is 0.357 e. The quantitative estimate of drug-likeness (QED) is 0.649. The summed E-state index contributed by atoms with van der Waals surface area (Å²) in [6.07, 6.45) is 1.06. The maximum atomic E-state index is 13.3. The van der Waals surface area contributed by atoms with E-state index in [4.69, 9.17) is 11.6 Å². The van der Waals surface area contributed by atoms with Crippen LogP contribution >= 0.6 is 11.6 Å². The van der Waals surface area contributed by atoms with E-state index < -0.39 is 28.5 Å². The SMILES string of the molecule is CNC(=O)C(C)N(Cc1ccccc1Cl)C(=O)CN(c1cc(C)ccc1C)S(C)(=O)=O. The van der Waals surface area contributed by atoms with Crippen molar-refractivity contribution in [3.8, 4) is 0 Å². The molecule has 0 saturated carbocycles. The van der Waals surface area contributed by atoms with Crippen LogP contribution in [0.5, 0.6) is 0 Å². The van der Waals surface area contributed by atoms with E-state index in [-0.39, 0.29) is 12.5 Å². The predicted octanol–water partition coefficient (Wildman–Crippen LogP) is 2.89. The van der Waals surface area contributed by atoms with Gasteiger partial charge in [0.25, 0.3) is 0 Å². The monoisotopic (exact) mass is 465 g/mol. The molecule has 1 unspecified atom stereocenters. The second-order valence-corrected chi connectivity index (χ2v) is 9.78. The number of hydrogen-bond acceptors (Lipinski definition) is 4. The smallest absolute Gasteiger partial charge is 0.244 e. The molecule has 168 valence electrons. The van der Waals surface area contributed by atoms with Gasteiger partial charge in [-0.3, -0.25) is 13.9 Å². The fraction of sp³-hybridized carbons (Fsp3) is 0.364. The van der Waals surface area contributed by atoms with E-state index in [2.05, 4.69) is 5.32 Å². The molecule has 0 heterocycles. The van der Waals surface area contributed by atoms with Gasteiger partial charge in [0.1, 0.15) is 12.6 Å². The molecule has 0 radical (unpaired) electrons. The summed E-state index contributed by atoms with van der Waals surface area (Å²) in [6.45, 7) is 4.86. The van der Waals surface area contributed by atoms with Crippen molar-refractivity contribution in [2.45, 2.75) is 33.4 Å². The molecule has 0 aromatic heterocycles. The minimum Gasteiger partial charge on any atom is -0.357 e. The molecule has 0 bridgehead atoms. The minimum absolute atomic E-state index is 0.0670. The normalized spacial score (nSPS) is 12.2. The van der Waals surface area contributed by atoms with Crippen molar-refractivity contribution in [1.82, 2.24) is 10.2 Å². The van der Waals surface area contributed by atoms with E-state index in [0.717, 1.165) is 21.7 Å². The summed E-state index contributed by atoms with van der Waals surface area (Å²) in [5.74, 6) is -0.875. The molecule has 1 N–H and O–H groups in total. The van der Waals surface area contributed by atoms with Crippen LogP contribution in [0, 0.1) is 13.8 Å². The van der Waals surface area contributed by atoms with Crippen LogP contribution in [-0.2, 0) is 26.2 Å². The molecule has 0 aliphatic carbocycles. The number of halogens is 1. The van der Waals surface area contributed by atoms with Crippen molar-refractivity contribution in [3.05, 3.63) is 64.2 Å². The summed E-state index contributed by atoms with van der Waals surface area (Å²) >= 11 is 6.26. The Bertz CT molecular complexity index is 1070. The summed E-state index contributed by atoms with van der Waals surface area (Å²) in [5.41, 5.74) is 2.68. The number of anilines is 1. The number of sulfonamides is 1. The zero-order valence-corrected chi connectivity index (χ0v) is 19.9. The van der Waals surface area contributed by atoms with Crippen molar-refractivity contribution in [2.75, 3.05) is 24.2 Å². The van der Waals surface area contributed by atoms with E-state index in [1.807, 2.05) is 19.1 Å². The molecule has 0 fully saturated rings. The highest BCUT2D eigenvalue weighted by Crippen LogP contribution is 2.25. The number of carbonyl (C=O) groups excluding carboxylic acids is 2. The van der Waals surface area contributed by atoms with E-state index in [9.17, 15) is 18.0 Å². The number of amides is 2. The molecule has 2 aromatic carbocycles. The van der Waals surface area contributed by atoms with Crippen LogP contribution in [-0.4, -0.2) is 51.0 Å². The van der Waals surface area contributed by atoms with Crippen LogP contribution in [0.4, 0.5) is 5.69 Å². The average Bonchev–Trinajstić information content (AvgIpc) is 2.71. The first-order valence-electron chi connectivity index (χ1n) is 9.75. The lowest BCUT2D eigenvalue weighted by Gasteiger charge is -2.32. The zero-order valence-electron chi connectivity index (χ0n) is 18.3. The van der Waals surface area contributed by atoms with Crippen molar-refractivity contribution in [2.24, 2.45) is 0 Å². The highest BCUT2D eigenvalue weighted by molar-refractivity contribution is 7.92. The first-order valence-corrected chi connectivity index (χ1v) is 12.0. The number of nitrogens with one attached hydrogen (secondary N) is 1. The molecular weight excluding hydrogens is 438 g/mol. The first-order chi connectivity index (χ1) is 14.5. The molecule has 1 atom stereocenters. The van der Waals surface area contributed by atoms with Crippen LogP contribution < -0.4 is 9.62 Å². The average molecular weight is 466 g/mol. The van der Waals surface area contributed by atoms with Gasteiger partial charge in [0.15, 0.2) is 0 Å². The summed E-state index contributed by atoms with van der Waals surface area (Å²) in [4.78, 5) is 27.0. The minimum atomic E-state index is -3.76. The molecule has 0 aliphatic heterocycles. The van der Waals surface area contributed by atoms with Gasteiger partial charge in [-0.2, -0.15) is 0 Å². The zero-order chi connectivity index (χ0) is 23.3. The fourth-order valence-corrected chi connectivity index (χ4v) is 4.28. The lowest BCUT2D eigenvalue weighted by Crippen LogP contribution is -2.50. The van der Waals surface area contributed by atoms with Gasteiger partial charge in [0.2, 0.25) is 21.8 Å². The maximum Gasteiger partial charge on any atom is 0.244 e. The summed E-state index contributed by atoms with van der Waals surface area (Å²) in [5, 5.41) is 2.99. The molecule has 2 rings (SSSR count). The topological polar surface area (TPSA) is 86.8 Å². The molecule has 0 aliphatic rings. The van der Waals surface area contributed by atoms with Gasteiger partial charge in [0, 0.05) is 18.6 Å². The third-order valence-corrected chi connectivity index (χ3v) is 6.52. The Labute approximate surface area is 189 Å². The predicted molar refractivity (Wildman–Crippen MR) is 124 cm³/mol. The Balaban J connectivity index is 2.45. The summed E-state index contributed by atoms with van der Waals surface area (Å²) in [7, 11) is -2.28. The van der Waals surface area contributed by atoms with E-state index in [0.29, 0.717) is 16.3 Å². The molecule has 7 nitrogen and oxygen atoms in total. The Morgan fingerprint density at radius 3 is 2.35 bits per heavy atom. The van der Waals surface area contributed by atoms with Crippen LogP contribution in [0.2, 0.25) is 5.02 Å². The molecule has 31 heavy (non-hydrogen) atoms. The van der Waals surface area contributed by atoms with Gasteiger partial charge < -0.3 is 10.2 Å². The Kier molecular flexibility index (Phi) is 8.08. The van der Waals surface area contributed by atoms with E-state index >= 15 is 0 Å². The fourth-order valence-electron chi connectivity index (χ4n) is 3.18. The molecule has 2 amide bonds. The number of nitrogens with zero attached hydrogens (tertiary/aromatic N) is 2. The Hall–Kier alpha value is -2.58. The number of likely N-dealkylation sites (N-methyl/N-ethyl adjacent to an activating group) is 1. The molecule has 9 heteroatoms. The van der Waals surface area contributed by atoms with Gasteiger partial charge in [-0.25, -0.2) is 8.42 Å². The lowest BCUT2D eigenvalue weighted by molar-refractivity contribution is -0.139. The van der Waals surface area contributed by atoms with Crippen molar-refractivity contribution in [3.63, 3.8) is 0 Å². The molecule has 0 spiro atoms. The molecule has 2 aromatic rings. The summed E-state index contributed by atoms with van der Waals surface area (Å²) in [6, 6.07) is 11.6. The molecular formula is C22H28ClN3O4S. The van der Waals surface area contributed by atoms with Crippen LogP contribution in [0.25, 0.3) is 0 Å². The third kappa shape index (κ3) is 6.21. The van der Waals surface area contributed by atoms with Gasteiger partial charge in [0.05, 0.1) is 11.9 Å². The first kappa shape index (κ1) is 24.7. The van der Waals surface area contributed by atoms with Crippen LogP contribution in [0.15, 0.2) is 42.5 Å². The Morgan fingerprint density at radius 1 is 1.13 bits per heavy atom. The number of carbonyl (C=O) groups is 2. The Morgan fingerprint density at radius 2 is 1.77 bits per heavy atom. The van der Waals surface area contributed by atoms with E-state index in [1.165, 1.54) is 11.9 Å². The van der Waals surface area contributed by atoms with Crippen molar-refractivity contribution in [1.29, 1.82) is 0 Å². The van der Waals surface area contributed by atoms with Gasteiger partial charge in [-0.1, -0.05) is 41.9 Å². The summed E-state index contributed by atoms with van der Waals surface area (Å²) < 4.78 is 26.2. The van der Waals surface area contributed by atoms with Crippen molar-refractivity contribution >= 4 is 39.1 Å². The van der Waals surface area contributed by atoms with Gasteiger partial charge in [-0.05, 0) is 49.6 Å².